The molecule has 19 heavy (non-hydrogen) atoms. The van der Waals surface area contributed by atoms with Crippen LogP contribution in [-0.2, 0) is 11.0 Å². The van der Waals surface area contributed by atoms with Gasteiger partial charge in [0, 0.05) is 6.42 Å². The Morgan fingerprint density at radius 1 is 1.42 bits per heavy atom. The van der Waals surface area contributed by atoms with Crippen LogP contribution in [0.25, 0.3) is 0 Å². The van der Waals surface area contributed by atoms with Gasteiger partial charge >= 0.3 is 12.3 Å². The lowest BCUT2D eigenvalue weighted by molar-refractivity contribution is -0.136. The summed E-state index contributed by atoms with van der Waals surface area (Å²) >= 11 is 5.48. The number of rotatable bonds is 3. The maximum Gasteiger partial charge on any atom is 0.437 e. The Morgan fingerprint density at radius 3 is 2.63 bits per heavy atom. The first-order valence-corrected chi connectivity index (χ1v) is 5.59. The van der Waals surface area contributed by atoms with Crippen molar-refractivity contribution in [2.75, 3.05) is 5.32 Å². The lowest BCUT2D eigenvalue weighted by Crippen LogP contribution is -2.16. The first kappa shape index (κ1) is 15.3. The Hall–Kier alpha value is -1.76. The first-order chi connectivity index (χ1) is 8.84. The Bertz CT molecular complexity index is 489. The van der Waals surface area contributed by atoms with Crippen molar-refractivity contribution >= 4 is 28.6 Å². The summed E-state index contributed by atoms with van der Waals surface area (Å²) in [6, 6.07) is 4.52. The van der Waals surface area contributed by atoms with Crippen LogP contribution in [0, 0.1) is 0 Å². The molecule has 0 aromatic heterocycles. The largest absolute Gasteiger partial charge is 0.437 e. The van der Waals surface area contributed by atoms with Gasteiger partial charge in [-0.2, -0.15) is 13.2 Å². The van der Waals surface area contributed by atoms with Crippen LogP contribution < -0.4 is 5.32 Å². The number of nitrogens with one attached hydrogen (secondary N) is 1. The van der Waals surface area contributed by atoms with Gasteiger partial charge in [0.15, 0.2) is 0 Å². The number of carbonyl (C=O) groups is 1. The predicted molar refractivity (Wildman–Crippen MR) is 65.1 cm³/mol. The van der Waals surface area contributed by atoms with E-state index in [-0.39, 0.29) is 5.17 Å². The van der Waals surface area contributed by atoms with Gasteiger partial charge in [-0.15, -0.1) is 0 Å². The maximum atomic E-state index is 12.6. The van der Waals surface area contributed by atoms with Gasteiger partial charge in [0.05, 0.1) is 11.3 Å². The van der Waals surface area contributed by atoms with Crippen molar-refractivity contribution in [1.82, 2.24) is 0 Å². The van der Waals surface area contributed by atoms with Crippen LogP contribution >= 0.6 is 11.6 Å². The van der Waals surface area contributed by atoms with Crippen molar-refractivity contribution in [3.63, 3.8) is 0 Å². The molecule has 0 aliphatic rings. The number of halogens is 4. The van der Waals surface area contributed by atoms with Crippen LogP contribution in [0.5, 0.6) is 0 Å². The minimum atomic E-state index is -4.58. The summed E-state index contributed by atoms with van der Waals surface area (Å²) in [5.41, 5.74) is -1.39. The molecule has 0 aliphatic carbocycles. The Balaban J connectivity index is 2.80. The highest BCUT2D eigenvalue weighted by atomic mass is 35.5. The van der Waals surface area contributed by atoms with Gasteiger partial charge in [-0.1, -0.05) is 35.8 Å². The zero-order valence-electron chi connectivity index (χ0n) is 9.79. The van der Waals surface area contributed by atoms with Gasteiger partial charge in [0.2, 0.25) is 0 Å². The van der Waals surface area contributed by atoms with Gasteiger partial charge < -0.3 is 0 Å². The van der Waals surface area contributed by atoms with E-state index in [2.05, 4.69) is 9.99 Å². The van der Waals surface area contributed by atoms with Gasteiger partial charge in [0.25, 0.3) is 0 Å². The van der Waals surface area contributed by atoms with Crippen LogP contribution in [0.3, 0.4) is 0 Å². The summed E-state index contributed by atoms with van der Waals surface area (Å²) in [6.07, 6.45) is -5.38. The number of oxime groups is 1. The molecule has 1 aromatic rings. The fourth-order valence-electron chi connectivity index (χ4n) is 1.13. The highest BCUT2D eigenvalue weighted by Gasteiger charge is 2.33. The lowest BCUT2D eigenvalue weighted by Gasteiger charge is -2.12. The quantitative estimate of drug-likeness (QED) is 0.515. The predicted octanol–water partition coefficient (Wildman–Crippen LogP) is 4.22. The molecule has 0 saturated carbocycles. The van der Waals surface area contributed by atoms with Gasteiger partial charge in [0.1, 0.15) is 5.17 Å². The number of amides is 1. The number of benzene rings is 1. The topological polar surface area (TPSA) is 50.7 Å². The molecule has 0 bridgehead atoms. The lowest BCUT2D eigenvalue weighted by atomic mass is 10.2. The van der Waals surface area contributed by atoms with Crippen LogP contribution in [0.2, 0.25) is 0 Å². The number of para-hydroxylation sites is 1. The van der Waals surface area contributed by atoms with Crippen molar-refractivity contribution < 1.29 is 22.8 Å². The average molecular weight is 295 g/mol. The molecule has 1 aromatic carbocycles. The third-order valence-electron chi connectivity index (χ3n) is 1.99. The number of carbonyl (C=O) groups excluding carboxylic acids is 1. The molecular weight excluding hydrogens is 285 g/mol. The Kier molecular flexibility index (Phi) is 5.17. The molecule has 1 N–H and O–H groups in total. The van der Waals surface area contributed by atoms with E-state index in [0.717, 1.165) is 12.1 Å². The number of nitrogens with zero attached hydrogens (tertiary/aromatic N) is 1. The molecule has 0 spiro atoms. The van der Waals surface area contributed by atoms with Crippen molar-refractivity contribution in [3.05, 3.63) is 29.8 Å². The molecule has 104 valence electrons. The molecule has 4 nitrogen and oxygen atoms in total. The highest BCUT2D eigenvalue weighted by molar-refractivity contribution is 6.65. The van der Waals surface area contributed by atoms with Crippen LogP contribution in [0.4, 0.5) is 23.7 Å². The molecule has 0 saturated heterocycles. The van der Waals surface area contributed by atoms with Crippen LogP contribution in [-0.4, -0.2) is 11.3 Å². The van der Waals surface area contributed by atoms with Gasteiger partial charge in [-0.3, -0.25) is 10.2 Å². The summed E-state index contributed by atoms with van der Waals surface area (Å²) in [5.74, 6) is 0. The van der Waals surface area contributed by atoms with Gasteiger partial charge in [-0.25, -0.2) is 4.79 Å². The van der Waals surface area contributed by atoms with Crippen LogP contribution in [0.1, 0.15) is 18.9 Å². The molecule has 1 amide bonds. The molecule has 0 unspecified atom stereocenters. The van der Waals surface area contributed by atoms with Gasteiger partial charge in [-0.05, 0) is 12.1 Å². The van der Waals surface area contributed by atoms with E-state index in [4.69, 9.17) is 11.6 Å². The summed E-state index contributed by atoms with van der Waals surface area (Å²) in [7, 11) is 0. The molecule has 1 rings (SSSR count). The Labute approximate surface area is 112 Å². The zero-order chi connectivity index (χ0) is 14.5. The molecule has 0 atom stereocenters. The Morgan fingerprint density at radius 2 is 2.05 bits per heavy atom. The van der Waals surface area contributed by atoms with Crippen molar-refractivity contribution in [2.45, 2.75) is 19.5 Å². The molecule has 8 heteroatoms. The van der Waals surface area contributed by atoms with E-state index in [1.807, 2.05) is 5.32 Å². The second-order valence-corrected chi connectivity index (χ2v) is 3.80. The van der Waals surface area contributed by atoms with E-state index in [0.29, 0.717) is 6.42 Å². The second kappa shape index (κ2) is 6.42. The molecule has 0 aliphatic heterocycles. The fraction of sp³-hybridized carbons (Fsp3) is 0.273. The number of alkyl halides is 3. The van der Waals surface area contributed by atoms with E-state index in [1.165, 1.54) is 12.1 Å². The second-order valence-electron chi connectivity index (χ2n) is 3.37. The van der Waals surface area contributed by atoms with E-state index in [1.54, 1.807) is 6.92 Å². The van der Waals surface area contributed by atoms with Crippen molar-refractivity contribution in [2.24, 2.45) is 5.16 Å². The zero-order valence-corrected chi connectivity index (χ0v) is 10.5. The third kappa shape index (κ3) is 4.78. The van der Waals surface area contributed by atoms with E-state index < -0.39 is 23.5 Å². The van der Waals surface area contributed by atoms with E-state index in [9.17, 15) is 18.0 Å². The summed E-state index contributed by atoms with van der Waals surface area (Å²) in [4.78, 5) is 15.6. The number of anilines is 1. The molecular formula is C11H10ClF3N2O2. The summed E-state index contributed by atoms with van der Waals surface area (Å²) < 4.78 is 37.9. The van der Waals surface area contributed by atoms with E-state index >= 15 is 0 Å². The SMILES string of the molecule is CCC(Cl)=NOC(=O)Nc1ccccc1C(F)(F)F. The normalized spacial score (nSPS) is 12.2. The minimum Gasteiger partial charge on any atom is -0.297 e. The average Bonchev–Trinajstić information content (AvgIpc) is 2.35. The summed E-state index contributed by atoms with van der Waals surface area (Å²) in [6.45, 7) is 1.67. The molecule has 0 fully saturated rings. The van der Waals surface area contributed by atoms with Crippen molar-refractivity contribution in [1.29, 1.82) is 0 Å². The standard InChI is InChI=1S/C11H10ClF3N2O2/c1-2-9(12)17-19-10(18)16-8-6-4-3-5-7(8)11(13,14)15/h3-6H,2H2,1H3,(H,16,18). The number of hydrogen-bond donors (Lipinski definition) is 1. The third-order valence-corrected chi connectivity index (χ3v) is 2.32. The highest BCUT2D eigenvalue weighted by Crippen LogP contribution is 2.34. The summed E-state index contributed by atoms with van der Waals surface area (Å²) in [5, 5.41) is 5.20. The van der Waals surface area contributed by atoms with Crippen molar-refractivity contribution in [3.8, 4) is 0 Å². The smallest absolute Gasteiger partial charge is 0.297 e. The molecule has 0 radical (unpaired) electrons. The monoisotopic (exact) mass is 294 g/mol. The van der Waals surface area contributed by atoms with Crippen LogP contribution in [0.15, 0.2) is 29.4 Å². The fourth-order valence-corrected chi connectivity index (χ4v) is 1.16. The number of hydrogen-bond acceptors (Lipinski definition) is 3. The maximum absolute atomic E-state index is 12.6. The minimum absolute atomic E-state index is 0.0271. The molecule has 0 heterocycles. The first-order valence-electron chi connectivity index (χ1n) is 5.21.